The minimum Gasteiger partial charge on any atom is -0.376 e. The van der Waals surface area contributed by atoms with Crippen molar-refractivity contribution in [1.29, 1.82) is 0 Å². The van der Waals surface area contributed by atoms with Crippen molar-refractivity contribution < 1.29 is 0 Å². The second-order valence-electron chi connectivity index (χ2n) is 6.87. The van der Waals surface area contributed by atoms with Gasteiger partial charge in [0.2, 0.25) is 0 Å². The second-order valence-corrected chi connectivity index (χ2v) is 8.34. The minimum absolute atomic E-state index is 0.277. The number of thiazole rings is 1. The van der Waals surface area contributed by atoms with Gasteiger partial charge < -0.3 is 16.4 Å². The first kappa shape index (κ1) is 18.2. The molecular formula is C20H23N5S2. The van der Waals surface area contributed by atoms with Crippen LogP contribution in [-0.4, -0.2) is 34.1 Å². The molecule has 0 atom stereocenters. The molecule has 4 rings (SSSR count). The number of likely N-dealkylation sites (tertiary alicyclic amines) is 1. The molecule has 2 heterocycles. The van der Waals surface area contributed by atoms with Crippen LogP contribution in [0.25, 0.3) is 10.2 Å². The number of fused-ring (bicyclic) bond motifs is 1. The van der Waals surface area contributed by atoms with Gasteiger partial charge in [0.1, 0.15) is 0 Å². The van der Waals surface area contributed by atoms with Crippen LogP contribution >= 0.6 is 23.6 Å². The van der Waals surface area contributed by atoms with Gasteiger partial charge in [-0.15, -0.1) is 0 Å². The maximum Gasteiger partial charge on any atom is 0.184 e. The Labute approximate surface area is 168 Å². The van der Waals surface area contributed by atoms with Gasteiger partial charge in [-0.3, -0.25) is 4.90 Å². The number of anilines is 2. The molecule has 0 saturated carbocycles. The lowest BCUT2D eigenvalue weighted by Crippen LogP contribution is -2.38. The molecule has 0 aliphatic carbocycles. The molecule has 0 radical (unpaired) electrons. The molecule has 1 aromatic heterocycles. The third kappa shape index (κ3) is 4.74. The lowest BCUT2D eigenvalue weighted by atomic mass is 10.0. The fourth-order valence-corrected chi connectivity index (χ4v) is 4.56. The highest BCUT2D eigenvalue weighted by Crippen LogP contribution is 2.30. The van der Waals surface area contributed by atoms with Gasteiger partial charge in [-0.2, -0.15) is 0 Å². The number of nitrogens with one attached hydrogen (secondary N) is 2. The van der Waals surface area contributed by atoms with Crippen molar-refractivity contribution in [2.24, 2.45) is 5.73 Å². The molecule has 7 heteroatoms. The number of nitrogens with zero attached hydrogens (tertiary/aromatic N) is 2. The quantitative estimate of drug-likeness (QED) is 0.565. The van der Waals surface area contributed by atoms with Crippen LogP contribution in [0, 0.1) is 0 Å². The molecule has 1 aliphatic rings. The summed E-state index contributed by atoms with van der Waals surface area (Å²) in [6.07, 6.45) is 2.27. The van der Waals surface area contributed by atoms with Gasteiger partial charge in [0.05, 0.1) is 10.2 Å². The van der Waals surface area contributed by atoms with Crippen molar-refractivity contribution >= 4 is 49.7 Å². The monoisotopic (exact) mass is 397 g/mol. The van der Waals surface area contributed by atoms with E-state index in [0.29, 0.717) is 6.04 Å². The Bertz CT molecular complexity index is 917. The molecule has 2 aromatic carbocycles. The average Bonchev–Trinajstić information content (AvgIpc) is 3.05. The predicted molar refractivity (Wildman–Crippen MR) is 118 cm³/mol. The van der Waals surface area contributed by atoms with Crippen molar-refractivity contribution in [3.63, 3.8) is 0 Å². The van der Waals surface area contributed by atoms with Crippen molar-refractivity contribution in [3.05, 3.63) is 54.1 Å². The van der Waals surface area contributed by atoms with E-state index in [1.165, 1.54) is 5.56 Å². The van der Waals surface area contributed by atoms with E-state index in [1.54, 1.807) is 11.3 Å². The van der Waals surface area contributed by atoms with E-state index in [1.807, 2.05) is 18.2 Å². The van der Waals surface area contributed by atoms with E-state index in [-0.39, 0.29) is 5.11 Å². The molecule has 1 aliphatic heterocycles. The van der Waals surface area contributed by atoms with Crippen molar-refractivity contribution in [2.75, 3.05) is 23.7 Å². The fraction of sp³-hybridized carbons (Fsp3) is 0.300. The van der Waals surface area contributed by atoms with Crippen molar-refractivity contribution in [2.45, 2.75) is 25.4 Å². The standard InChI is InChI=1S/C20H23N5S2/c21-19(26)22-16-6-7-17-18(12-16)27-20(24-17)23-15-8-10-25(11-9-15)13-14-4-2-1-3-5-14/h1-7,12,15H,8-11,13H2,(H,23,24)(H3,21,22,26). The molecule has 3 aromatic rings. The lowest BCUT2D eigenvalue weighted by Gasteiger charge is -2.32. The Kier molecular flexibility index (Phi) is 5.52. The Morgan fingerprint density at radius 2 is 1.96 bits per heavy atom. The Hall–Kier alpha value is -2.22. The number of rotatable bonds is 5. The summed E-state index contributed by atoms with van der Waals surface area (Å²) in [6, 6.07) is 17.2. The number of thiocarbonyl (C=S) groups is 1. The molecule has 0 bridgehead atoms. The zero-order valence-electron chi connectivity index (χ0n) is 15.0. The van der Waals surface area contributed by atoms with Crippen LogP contribution < -0.4 is 16.4 Å². The molecule has 1 fully saturated rings. The zero-order chi connectivity index (χ0) is 18.6. The first-order chi connectivity index (χ1) is 13.2. The molecule has 1 saturated heterocycles. The number of benzene rings is 2. The zero-order valence-corrected chi connectivity index (χ0v) is 16.7. The van der Waals surface area contributed by atoms with E-state index < -0.39 is 0 Å². The van der Waals surface area contributed by atoms with Crippen LogP contribution in [0.4, 0.5) is 10.8 Å². The maximum atomic E-state index is 5.55. The van der Waals surface area contributed by atoms with Gasteiger partial charge in [-0.05, 0) is 48.8 Å². The van der Waals surface area contributed by atoms with Crippen LogP contribution in [0.3, 0.4) is 0 Å². The first-order valence-corrected chi connectivity index (χ1v) is 10.4. The fourth-order valence-electron chi connectivity index (χ4n) is 3.46. The third-order valence-corrected chi connectivity index (χ3v) is 5.87. The van der Waals surface area contributed by atoms with Crippen molar-refractivity contribution in [1.82, 2.24) is 9.88 Å². The molecule has 4 N–H and O–H groups in total. The van der Waals surface area contributed by atoms with Crippen LogP contribution in [0.1, 0.15) is 18.4 Å². The Morgan fingerprint density at radius 3 is 2.70 bits per heavy atom. The summed E-state index contributed by atoms with van der Waals surface area (Å²) >= 11 is 6.58. The van der Waals surface area contributed by atoms with E-state index in [4.69, 9.17) is 22.9 Å². The smallest absolute Gasteiger partial charge is 0.184 e. The Morgan fingerprint density at radius 1 is 1.19 bits per heavy atom. The van der Waals surface area contributed by atoms with Gasteiger partial charge in [0.25, 0.3) is 0 Å². The summed E-state index contributed by atoms with van der Waals surface area (Å²) < 4.78 is 1.13. The number of hydrogen-bond donors (Lipinski definition) is 3. The predicted octanol–water partition coefficient (Wildman–Crippen LogP) is 4.03. The highest BCUT2D eigenvalue weighted by atomic mass is 32.1. The number of piperidine rings is 1. The molecule has 27 heavy (non-hydrogen) atoms. The number of nitrogens with two attached hydrogens (primary N) is 1. The summed E-state index contributed by atoms with van der Waals surface area (Å²) in [5.74, 6) is 0. The van der Waals surface area contributed by atoms with E-state index >= 15 is 0 Å². The summed E-state index contributed by atoms with van der Waals surface area (Å²) in [5.41, 5.74) is 8.83. The highest BCUT2D eigenvalue weighted by molar-refractivity contribution is 7.80. The third-order valence-electron chi connectivity index (χ3n) is 4.82. The number of aromatic nitrogens is 1. The number of hydrogen-bond acceptors (Lipinski definition) is 5. The largest absolute Gasteiger partial charge is 0.376 e. The summed E-state index contributed by atoms with van der Waals surface area (Å²) in [4.78, 5) is 7.24. The molecule has 0 unspecified atom stereocenters. The van der Waals surface area contributed by atoms with E-state index in [0.717, 1.165) is 53.5 Å². The van der Waals surface area contributed by atoms with Crippen LogP contribution in [0.15, 0.2) is 48.5 Å². The minimum atomic E-state index is 0.277. The van der Waals surface area contributed by atoms with Crippen LogP contribution in [0.2, 0.25) is 0 Å². The van der Waals surface area contributed by atoms with Crippen LogP contribution in [0.5, 0.6) is 0 Å². The van der Waals surface area contributed by atoms with Crippen molar-refractivity contribution in [3.8, 4) is 0 Å². The normalized spacial score (nSPS) is 15.7. The molecule has 0 amide bonds. The highest BCUT2D eigenvalue weighted by Gasteiger charge is 2.20. The average molecular weight is 398 g/mol. The first-order valence-electron chi connectivity index (χ1n) is 9.15. The van der Waals surface area contributed by atoms with Gasteiger partial charge in [0.15, 0.2) is 10.2 Å². The van der Waals surface area contributed by atoms with Gasteiger partial charge in [0, 0.05) is 31.4 Å². The topological polar surface area (TPSA) is 66.2 Å². The SMILES string of the molecule is NC(=S)Nc1ccc2nc(NC3CCN(Cc4ccccc4)CC3)sc2c1. The summed E-state index contributed by atoms with van der Waals surface area (Å²) in [5, 5.41) is 7.86. The maximum absolute atomic E-state index is 5.55. The summed E-state index contributed by atoms with van der Waals surface area (Å²) in [7, 11) is 0. The van der Waals surface area contributed by atoms with Crippen LogP contribution in [-0.2, 0) is 6.54 Å². The lowest BCUT2D eigenvalue weighted by molar-refractivity contribution is 0.211. The molecule has 0 spiro atoms. The van der Waals surface area contributed by atoms with E-state index in [2.05, 4.69) is 45.9 Å². The van der Waals surface area contributed by atoms with Gasteiger partial charge in [-0.1, -0.05) is 41.7 Å². The second kappa shape index (κ2) is 8.21. The summed E-state index contributed by atoms with van der Waals surface area (Å²) in [6.45, 7) is 3.26. The molecular weight excluding hydrogens is 374 g/mol. The van der Waals surface area contributed by atoms with E-state index in [9.17, 15) is 0 Å². The molecule has 140 valence electrons. The Balaban J connectivity index is 1.34. The molecule has 5 nitrogen and oxygen atoms in total. The van der Waals surface area contributed by atoms with Gasteiger partial charge >= 0.3 is 0 Å². The van der Waals surface area contributed by atoms with Gasteiger partial charge in [-0.25, -0.2) is 4.98 Å².